The molecule has 7 heavy (non-hydrogen) atoms. The molecule has 1 saturated heterocycles. The molecule has 0 atom stereocenters. The molecule has 0 amide bonds. The van der Waals surface area contributed by atoms with Crippen LogP contribution < -0.4 is 5.32 Å². The third-order valence-electron chi connectivity index (χ3n) is 0.837. The molecule has 1 fully saturated rings. The van der Waals surface area contributed by atoms with Gasteiger partial charge in [-0.15, -0.1) is 0 Å². The SMILES string of the molecule is O.O=C=C1CCN1. The second kappa shape index (κ2) is 2.39. The highest BCUT2D eigenvalue weighted by Gasteiger charge is 2.04. The predicted molar refractivity (Wildman–Crippen MR) is 25.4 cm³/mol. The van der Waals surface area contributed by atoms with Gasteiger partial charge < -0.3 is 10.8 Å². The van der Waals surface area contributed by atoms with Crippen LogP contribution in [0.3, 0.4) is 0 Å². The Balaban J connectivity index is 0.000000360. The first-order valence-electron chi connectivity index (χ1n) is 1.91. The summed E-state index contributed by atoms with van der Waals surface area (Å²) < 4.78 is 0. The Labute approximate surface area is 41.3 Å². The topological polar surface area (TPSA) is 60.6 Å². The van der Waals surface area contributed by atoms with E-state index in [0.29, 0.717) is 0 Å². The van der Waals surface area contributed by atoms with Crippen molar-refractivity contribution in [2.75, 3.05) is 6.54 Å². The molecule has 0 bridgehead atoms. The highest BCUT2D eigenvalue weighted by molar-refractivity contribution is 5.53. The van der Waals surface area contributed by atoms with Crippen molar-refractivity contribution >= 4 is 5.94 Å². The van der Waals surface area contributed by atoms with Gasteiger partial charge in [0.1, 0.15) is 5.94 Å². The fourth-order valence-corrected chi connectivity index (χ4v) is 0.337. The quantitative estimate of drug-likeness (QED) is 0.392. The molecule has 0 aromatic heterocycles. The fraction of sp³-hybridized carbons (Fsp3) is 0.500. The zero-order chi connectivity index (χ0) is 4.41. The van der Waals surface area contributed by atoms with Gasteiger partial charge in [-0.3, -0.25) is 0 Å². The minimum Gasteiger partial charge on any atom is -0.412 e. The van der Waals surface area contributed by atoms with Crippen LogP contribution in [-0.2, 0) is 4.79 Å². The smallest absolute Gasteiger partial charge is 0.145 e. The van der Waals surface area contributed by atoms with Crippen LogP contribution in [0.15, 0.2) is 5.70 Å². The lowest BCUT2D eigenvalue weighted by atomic mass is 10.2. The van der Waals surface area contributed by atoms with Gasteiger partial charge in [0.05, 0.1) is 5.70 Å². The number of hydrogen-bond acceptors (Lipinski definition) is 2. The van der Waals surface area contributed by atoms with E-state index in [4.69, 9.17) is 0 Å². The van der Waals surface area contributed by atoms with Crippen LogP contribution >= 0.6 is 0 Å². The maximum absolute atomic E-state index is 9.56. The van der Waals surface area contributed by atoms with Crippen LogP contribution in [0, 0.1) is 0 Å². The molecule has 0 aromatic carbocycles. The van der Waals surface area contributed by atoms with Gasteiger partial charge in [0.2, 0.25) is 0 Å². The summed E-state index contributed by atoms with van der Waals surface area (Å²) in [6.07, 6.45) is 0.892. The van der Waals surface area contributed by atoms with Crippen molar-refractivity contribution in [1.82, 2.24) is 5.32 Å². The maximum Gasteiger partial charge on any atom is 0.145 e. The lowest BCUT2D eigenvalue weighted by Gasteiger charge is -2.13. The van der Waals surface area contributed by atoms with Crippen molar-refractivity contribution in [1.29, 1.82) is 0 Å². The van der Waals surface area contributed by atoms with Gasteiger partial charge in [0, 0.05) is 13.0 Å². The van der Waals surface area contributed by atoms with Gasteiger partial charge in [-0.1, -0.05) is 0 Å². The van der Waals surface area contributed by atoms with Gasteiger partial charge >= 0.3 is 0 Å². The third-order valence-corrected chi connectivity index (χ3v) is 0.837. The molecule has 1 aliphatic rings. The van der Waals surface area contributed by atoms with Crippen molar-refractivity contribution in [2.45, 2.75) is 6.42 Å². The van der Waals surface area contributed by atoms with E-state index in [1.54, 1.807) is 5.94 Å². The largest absolute Gasteiger partial charge is 0.412 e. The zero-order valence-corrected chi connectivity index (χ0v) is 3.82. The van der Waals surface area contributed by atoms with Gasteiger partial charge in [0.15, 0.2) is 0 Å². The number of hydrogen-bond donors (Lipinski definition) is 1. The van der Waals surface area contributed by atoms with Crippen molar-refractivity contribution < 1.29 is 10.3 Å². The molecule has 40 valence electrons. The van der Waals surface area contributed by atoms with Crippen LogP contribution in [0.4, 0.5) is 0 Å². The van der Waals surface area contributed by atoms with Crippen LogP contribution in [0.1, 0.15) is 6.42 Å². The Hall–Kier alpha value is -0.790. The highest BCUT2D eigenvalue weighted by atomic mass is 16.1. The van der Waals surface area contributed by atoms with E-state index >= 15 is 0 Å². The molecule has 0 unspecified atom stereocenters. The molecule has 3 N–H and O–H groups in total. The summed E-state index contributed by atoms with van der Waals surface area (Å²) in [6.45, 7) is 0.949. The first-order valence-corrected chi connectivity index (χ1v) is 1.91. The highest BCUT2D eigenvalue weighted by Crippen LogP contribution is 1.98. The molecule has 3 heteroatoms. The normalized spacial score (nSPS) is 15.1. The first-order chi connectivity index (χ1) is 2.93. The van der Waals surface area contributed by atoms with Crippen LogP contribution in [0.25, 0.3) is 0 Å². The second-order valence-electron chi connectivity index (χ2n) is 1.26. The molecule has 1 heterocycles. The predicted octanol–water partition coefficient (Wildman–Crippen LogP) is -1.13. The first kappa shape index (κ1) is 6.21. The second-order valence-corrected chi connectivity index (χ2v) is 1.26. The van der Waals surface area contributed by atoms with E-state index < -0.39 is 0 Å². The summed E-state index contributed by atoms with van der Waals surface area (Å²) in [5.41, 5.74) is 0.718. The fourth-order valence-electron chi connectivity index (χ4n) is 0.337. The minimum atomic E-state index is 0. The van der Waals surface area contributed by atoms with Crippen LogP contribution in [0.5, 0.6) is 0 Å². The summed E-state index contributed by atoms with van der Waals surface area (Å²) in [5, 5.41) is 2.79. The van der Waals surface area contributed by atoms with Gasteiger partial charge in [0.25, 0.3) is 0 Å². The molecule has 1 rings (SSSR count). The summed E-state index contributed by atoms with van der Waals surface area (Å²) in [4.78, 5) is 9.56. The van der Waals surface area contributed by atoms with Gasteiger partial charge in [-0.25, -0.2) is 4.79 Å². The van der Waals surface area contributed by atoms with Gasteiger partial charge in [-0.05, 0) is 0 Å². The van der Waals surface area contributed by atoms with Crippen molar-refractivity contribution in [3.8, 4) is 0 Å². The van der Waals surface area contributed by atoms with Crippen molar-refractivity contribution in [3.05, 3.63) is 5.70 Å². The summed E-state index contributed by atoms with van der Waals surface area (Å²) >= 11 is 0. The molecule has 0 saturated carbocycles. The average Bonchev–Trinajstić information content (AvgIpc) is 1.31. The van der Waals surface area contributed by atoms with Crippen LogP contribution in [0.2, 0.25) is 0 Å². The Morgan fingerprint density at radius 2 is 2.29 bits per heavy atom. The maximum atomic E-state index is 9.56. The number of carbonyl (C=O) groups excluding carboxylic acids is 1. The third kappa shape index (κ3) is 1.03. The van der Waals surface area contributed by atoms with E-state index in [1.165, 1.54) is 0 Å². The Morgan fingerprint density at radius 3 is 2.29 bits per heavy atom. The van der Waals surface area contributed by atoms with E-state index in [-0.39, 0.29) is 5.48 Å². The lowest BCUT2D eigenvalue weighted by Crippen LogP contribution is -2.27. The van der Waals surface area contributed by atoms with E-state index in [0.717, 1.165) is 18.7 Å². The molecular weight excluding hydrogens is 94.0 g/mol. The van der Waals surface area contributed by atoms with Crippen LogP contribution in [-0.4, -0.2) is 18.0 Å². The lowest BCUT2D eigenvalue weighted by molar-refractivity contribution is 0.551. The summed E-state index contributed by atoms with van der Waals surface area (Å²) in [5.74, 6) is 1.76. The number of nitrogens with one attached hydrogen (secondary N) is 1. The molecular formula is C4H7NO2. The van der Waals surface area contributed by atoms with Crippen molar-refractivity contribution in [3.63, 3.8) is 0 Å². The molecule has 1 aliphatic heterocycles. The van der Waals surface area contributed by atoms with Crippen molar-refractivity contribution in [2.24, 2.45) is 0 Å². The standard InChI is InChI=1S/C4H5NO.H2O/c6-3-4-1-2-5-4;/h5H,1-2H2;1H2. The Kier molecular flexibility index (Phi) is 2.12. The number of rotatable bonds is 0. The summed E-state index contributed by atoms with van der Waals surface area (Å²) in [6, 6.07) is 0. The summed E-state index contributed by atoms with van der Waals surface area (Å²) in [7, 11) is 0. The average molecular weight is 101 g/mol. The van der Waals surface area contributed by atoms with E-state index in [2.05, 4.69) is 5.32 Å². The monoisotopic (exact) mass is 101 g/mol. The molecule has 3 nitrogen and oxygen atoms in total. The van der Waals surface area contributed by atoms with E-state index in [1.807, 2.05) is 0 Å². The molecule has 0 spiro atoms. The molecule has 0 aromatic rings. The molecule has 0 aliphatic carbocycles. The molecule has 0 radical (unpaired) electrons. The van der Waals surface area contributed by atoms with Gasteiger partial charge in [-0.2, -0.15) is 0 Å². The van der Waals surface area contributed by atoms with E-state index in [9.17, 15) is 4.79 Å². The Morgan fingerprint density at radius 1 is 1.71 bits per heavy atom. The minimum absolute atomic E-state index is 0. The zero-order valence-electron chi connectivity index (χ0n) is 3.82. The Bertz CT molecular complexity index is 98.3.